The van der Waals surface area contributed by atoms with E-state index in [9.17, 15) is 28.1 Å². The third-order valence-corrected chi connectivity index (χ3v) is 9.30. The number of benzene rings is 4. The molecule has 0 bridgehead atoms. The van der Waals surface area contributed by atoms with Crippen LogP contribution in [0.3, 0.4) is 0 Å². The van der Waals surface area contributed by atoms with Gasteiger partial charge in [0.2, 0.25) is 11.8 Å². The number of sulfonamides is 1. The molecule has 0 spiro atoms. The number of anilines is 1. The third kappa shape index (κ3) is 8.79. The summed E-state index contributed by atoms with van der Waals surface area (Å²) in [6.07, 6.45) is 1.81. The summed E-state index contributed by atoms with van der Waals surface area (Å²) in [5, 5.41) is 14.6. The lowest BCUT2D eigenvalue weighted by Gasteiger charge is -2.34. The lowest BCUT2D eigenvalue weighted by Crippen LogP contribution is -2.53. The predicted molar refractivity (Wildman–Crippen MR) is 178 cm³/mol. The fourth-order valence-electron chi connectivity index (χ4n) is 4.96. The van der Waals surface area contributed by atoms with Crippen molar-refractivity contribution in [1.82, 2.24) is 10.2 Å². The second kappa shape index (κ2) is 15.8. The van der Waals surface area contributed by atoms with Crippen molar-refractivity contribution in [2.45, 2.75) is 50.6 Å². The maximum absolute atomic E-state index is 14.5. The number of hydrogen-bond donors (Lipinski definition) is 1. The van der Waals surface area contributed by atoms with E-state index in [2.05, 4.69) is 5.32 Å². The van der Waals surface area contributed by atoms with Gasteiger partial charge in [-0.2, -0.15) is 0 Å². The summed E-state index contributed by atoms with van der Waals surface area (Å²) >= 11 is 0. The lowest BCUT2D eigenvalue weighted by atomic mass is 10.0. The van der Waals surface area contributed by atoms with E-state index in [1.165, 1.54) is 35.2 Å². The van der Waals surface area contributed by atoms with E-state index in [1.54, 1.807) is 18.2 Å². The molecular formula is C35H38N4O6S. The number of non-ortho nitro benzene ring substituents is 1. The van der Waals surface area contributed by atoms with Gasteiger partial charge in [0, 0.05) is 31.6 Å². The molecule has 0 saturated carbocycles. The SMILES string of the molecule is CCCCNC(=O)C(Cc1ccccc1)N(Cc1ccc(C)cc1)C(=O)CN(c1cccc([N+](=O)[O-])c1)S(=O)(=O)c1ccccc1. The minimum atomic E-state index is -4.36. The van der Waals surface area contributed by atoms with Gasteiger partial charge >= 0.3 is 0 Å². The number of carbonyl (C=O) groups is 2. The van der Waals surface area contributed by atoms with Gasteiger partial charge in [0.05, 0.1) is 15.5 Å². The Morgan fingerprint density at radius 1 is 0.870 bits per heavy atom. The molecule has 10 nitrogen and oxygen atoms in total. The number of carbonyl (C=O) groups excluding carboxylic acids is 2. The first-order valence-corrected chi connectivity index (χ1v) is 16.5. The normalized spacial score (nSPS) is 11.8. The van der Waals surface area contributed by atoms with E-state index >= 15 is 0 Å². The molecule has 240 valence electrons. The van der Waals surface area contributed by atoms with E-state index in [0.717, 1.165) is 39.9 Å². The van der Waals surface area contributed by atoms with Crippen LogP contribution in [0.1, 0.15) is 36.5 Å². The summed E-state index contributed by atoms with van der Waals surface area (Å²) in [6, 6.07) is 28.6. The van der Waals surface area contributed by atoms with Crippen molar-refractivity contribution in [2.75, 3.05) is 17.4 Å². The van der Waals surface area contributed by atoms with E-state index in [0.29, 0.717) is 6.54 Å². The van der Waals surface area contributed by atoms with Crippen molar-refractivity contribution in [3.63, 3.8) is 0 Å². The number of nitrogens with one attached hydrogen (secondary N) is 1. The Hall–Kier alpha value is -5.03. The third-order valence-electron chi connectivity index (χ3n) is 7.51. The van der Waals surface area contributed by atoms with Crippen LogP contribution < -0.4 is 9.62 Å². The van der Waals surface area contributed by atoms with Crippen LogP contribution in [-0.4, -0.2) is 49.2 Å². The van der Waals surface area contributed by atoms with E-state index < -0.39 is 33.4 Å². The van der Waals surface area contributed by atoms with Gasteiger partial charge in [0.15, 0.2) is 0 Å². The highest BCUT2D eigenvalue weighted by Gasteiger charge is 2.35. The number of aryl methyl sites for hydroxylation is 1. The monoisotopic (exact) mass is 642 g/mol. The van der Waals surface area contributed by atoms with Gasteiger partial charge in [-0.25, -0.2) is 8.42 Å². The molecule has 2 amide bonds. The summed E-state index contributed by atoms with van der Waals surface area (Å²) in [4.78, 5) is 40.6. The van der Waals surface area contributed by atoms with Crippen molar-refractivity contribution in [3.8, 4) is 0 Å². The van der Waals surface area contributed by atoms with Crippen LogP contribution in [0.5, 0.6) is 0 Å². The molecule has 0 aliphatic carbocycles. The zero-order valence-corrected chi connectivity index (χ0v) is 26.7. The van der Waals surface area contributed by atoms with Gasteiger partial charge in [-0.05, 0) is 42.7 Å². The second-order valence-corrected chi connectivity index (χ2v) is 12.8. The Morgan fingerprint density at radius 3 is 2.15 bits per heavy atom. The van der Waals surface area contributed by atoms with Crippen molar-refractivity contribution in [1.29, 1.82) is 0 Å². The van der Waals surface area contributed by atoms with Gasteiger partial charge in [-0.1, -0.05) is 97.8 Å². The second-order valence-electron chi connectivity index (χ2n) is 11.0. The fraction of sp³-hybridized carbons (Fsp3) is 0.257. The molecule has 1 atom stereocenters. The first kappa shape index (κ1) is 33.9. The Morgan fingerprint density at radius 2 is 1.52 bits per heavy atom. The molecule has 0 aromatic heterocycles. The number of nitrogens with zero attached hydrogens (tertiary/aromatic N) is 3. The summed E-state index contributed by atoms with van der Waals surface area (Å²) in [5.41, 5.74) is 2.23. The van der Waals surface area contributed by atoms with Crippen LogP contribution >= 0.6 is 0 Å². The van der Waals surface area contributed by atoms with E-state index in [4.69, 9.17) is 0 Å². The van der Waals surface area contributed by atoms with Crippen LogP contribution in [-0.2, 0) is 32.6 Å². The molecule has 0 heterocycles. The summed E-state index contributed by atoms with van der Waals surface area (Å²) in [7, 11) is -4.36. The highest BCUT2D eigenvalue weighted by molar-refractivity contribution is 7.92. The molecule has 1 N–H and O–H groups in total. The molecule has 0 aliphatic heterocycles. The molecule has 46 heavy (non-hydrogen) atoms. The van der Waals surface area contributed by atoms with Crippen molar-refractivity contribution >= 4 is 33.2 Å². The molecule has 11 heteroatoms. The molecular weight excluding hydrogens is 604 g/mol. The molecule has 0 aliphatic rings. The molecule has 4 aromatic rings. The number of hydrogen-bond acceptors (Lipinski definition) is 6. The zero-order chi connectivity index (χ0) is 33.1. The average molecular weight is 643 g/mol. The Balaban J connectivity index is 1.81. The molecule has 0 radical (unpaired) electrons. The number of unbranched alkanes of at least 4 members (excludes halogenated alkanes) is 1. The van der Waals surface area contributed by atoms with Gasteiger partial charge in [-0.3, -0.25) is 24.0 Å². The highest BCUT2D eigenvalue weighted by atomic mass is 32.2. The van der Waals surface area contributed by atoms with Crippen molar-refractivity contribution in [2.24, 2.45) is 0 Å². The van der Waals surface area contributed by atoms with Crippen LogP contribution in [0.25, 0.3) is 0 Å². The van der Waals surface area contributed by atoms with E-state index in [1.807, 2.05) is 68.4 Å². The molecule has 1 unspecified atom stereocenters. The summed E-state index contributed by atoms with van der Waals surface area (Å²) in [6.45, 7) is 3.72. The number of rotatable bonds is 15. The minimum Gasteiger partial charge on any atom is -0.354 e. The predicted octanol–water partition coefficient (Wildman–Crippen LogP) is 5.65. The standard InChI is InChI=1S/C35H38N4O6S/c1-3-4-22-36-35(41)33(23-28-12-7-5-8-13-28)37(25-29-20-18-27(2)19-21-29)34(40)26-38(30-14-11-15-31(24-30)39(42)43)46(44,45)32-16-9-6-10-17-32/h5-21,24,33H,3-4,22-23,25-26H2,1-2H3,(H,36,41). The number of amides is 2. The van der Waals surface area contributed by atoms with Crippen LogP contribution in [0, 0.1) is 17.0 Å². The first-order chi connectivity index (χ1) is 22.1. The largest absolute Gasteiger partial charge is 0.354 e. The van der Waals surface area contributed by atoms with Crippen molar-refractivity contribution in [3.05, 3.63) is 136 Å². The smallest absolute Gasteiger partial charge is 0.271 e. The average Bonchev–Trinajstić information content (AvgIpc) is 3.06. The molecule has 4 rings (SSSR count). The van der Waals surface area contributed by atoms with Crippen molar-refractivity contribution < 1.29 is 22.9 Å². The fourth-order valence-corrected chi connectivity index (χ4v) is 6.39. The van der Waals surface area contributed by atoms with Gasteiger partial charge in [-0.15, -0.1) is 0 Å². The Labute approximate surface area is 269 Å². The highest BCUT2D eigenvalue weighted by Crippen LogP contribution is 2.28. The maximum Gasteiger partial charge on any atom is 0.271 e. The first-order valence-electron chi connectivity index (χ1n) is 15.1. The van der Waals surface area contributed by atoms with Crippen LogP contribution in [0.2, 0.25) is 0 Å². The van der Waals surface area contributed by atoms with E-state index in [-0.39, 0.29) is 35.1 Å². The molecule has 0 fully saturated rings. The van der Waals surface area contributed by atoms with Gasteiger partial charge < -0.3 is 10.2 Å². The van der Waals surface area contributed by atoms with Crippen LogP contribution in [0.15, 0.2) is 114 Å². The van der Waals surface area contributed by atoms with Gasteiger partial charge in [0.1, 0.15) is 12.6 Å². The number of nitro groups is 1. The van der Waals surface area contributed by atoms with Crippen LogP contribution in [0.4, 0.5) is 11.4 Å². The zero-order valence-electron chi connectivity index (χ0n) is 25.9. The minimum absolute atomic E-state index is 0.0337. The number of nitro benzene ring substituents is 1. The Bertz CT molecular complexity index is 1730. The summed E-state index contributed by atoms with van der Waals surface area (Å²) < 4.78 is 29.0. The quantitative estimate of drug-likeness (QED) is 0.101. The molecule has 0 saturated heterocycles. The molecule has 4 aromatic carbocycles. The van der Waals surface area contributed by atoms with Gasteiger partial charge in [0.25, 0.3) is 15.7 Å². The summed E-state index contributed by atoms with van der Waals surface area (Å²) in [5.74, 6) is -0.997. The Kier molecular flexibility index (Phi) is 11.6. The topological polar surface area (TPSA) is 130 Å². The maximum atomic E-state index is 14.5. The lowest BCUT2D eigenvalue weighted by molar-refractivity contribution is -0.384.